The van der Waals surface area contributed by atoms with E-state index in [1.54, 1.807) is 0 Å². The summed E-state index contributed by atoms with van der Waals surface area (Å²) in [7, 11) is 0. The third-order valence-corrected chi connectivity index (χ3v) is 4.69. The summed E-state index contributed by atoms with van der Waals surface area (Å²) < 4.78 is 0. The maximum absolute atomic E-state index is 4.27. The fraction of sp³-hybridized carbons (Fsp3) is 0.214. The van der Waals surface area contributed by atoms with Crippen LogP contribution < -0.4 is 5.32 Å². The molecule has 0 bridgehead atoms. The maximum Gasteiger partial charge on any atom is 0.0401 e. The molecule has 0 aliphatic heterocycles. The molecule has 0 aromatic heterocycles. The molecule has 150 valence electrons. The van der Waals surface area contributed by atoms with Gasteiger partial charge in [-0.25, -0.2) is 0 Å². The largest absolute Gasteiger partial charge is 0.381 e. The van der Waals surface area contributed by atoms with Crippen LogP contribution in [0.4, 0.5) is 5.69 Å². The molecule has 0 saturated carbocycles. The molecule has 0 heterocycles. The van der Waals surface area contributed by atoms with E-state index in [0.717, 1.165) is 41.8 Å². The van der Waals surface area contributed by atoms with Crippen molar-refractivity contribution in [2.45, 2.75) is 40.2 Å². The van der Waals surface area contributed by atoms with E-state index in [1.807, 2.05) is 32.0 Å². The number of anilines is 1. The molecule has 0 saturated heterocycles. The lowest BCUT2D eigenvalue weighted by Gasteiger charge is -2.11. The van der Waals surface area contributed by atoms with Gasteiger partial charge >= 0.3 is 0 Å². The fourth-order valence-electron chi connectivity index (χ4n) is 3.03. The Labute approximate surface area is 176 Å². The Morgan fingerprint density at radius 2 is 1.41 bits per heavy atom. The second kappa shape index (κ2) is 11.7. The lowest BCUT2D eigenvalue weighted by Crippen LogP contribution is -2.00. The van der Waals surface area contributed by atoms with E-state index < -0.39 is 0 Å². The number of benzene rings is 3. The van der Waals surface area contributed by atoms with E-state index in [2.05, 4.69) is 86.1 Å². The van der Waals surface area contributed by atoms with Gasteiger partial charge in [-0.15, -0.1) is 6.58 Å². The van der Waals surface area contributed by atoms with Gasteiger partial charge < -0.3 is 5.32 Å². The van der Waals surface area contributed by atoms with Crippen LogP contribution in [0, 0.1) is 0 Å². The molecule has 1 heteroatoms. The molecule has 0 radical (unpaired) electrons. The molecule has 0 aliphatic carbocycles. The average Bonchev–Trinajstić information content (AvgIpc) is 2.78. The summed E-state index contributed by atoms with van der Waals surface area (Å²) in [5, 5.41) is 3.51. The molecule has 3 aromatic rings. The van der Waals surface area contributed by atoms with E-state index in [-0.39, 0.29) is 0 Å². The number of rotatable bonds is 8. The molecule has 1 nitrogen and oxygen atoms in total. The first-order valence-electron chi connectivity index (χ1n) is 10.4. The van der Waals surface area contributed by atoms with Crippen molar-refractivity contribution in [2.75, 3.05) is 5.32 Å². The number of allylic oxidation sites excluding steroid dienone is 1. The number of hydrogen-bond donors (Lipinski definition) is 1. The predicted octanol–water partition coefficient (Wildman–Crippen LogP) is 7.90. The van der Waals surface area contributed by atoms with Gasteiger partial charge in [0.15, 0.2) is 0 Å². The Bertz CT molecular complexity index is 905. The van der Waals surface area contributed by atoms with Crippen molar-refractivity contribution in [3.05, 3.63) is 120 Å². The minimum Gasteiger partial charge on any atom is -0.381 e. The zero-order valence-electron chi connectivity index (χ0n) is 18.0. The van der Waals surface area contributed by atoms with Gasteiger partial charge in [0.05, 0.1) is 0 Å². The molecule has 0 spiro atoms. The first kappa shape index (κ1) is 22.2. The smallest absolute Gasteiger partial charge is 0.0401 e. The third kappa shape index (κ3) is 7.12. The van der Waals surface area contributed by atoms with Crippen LogP contribution in [0.2, 0.25) is 0 Å². The quantitative estimate of drug-likeness (QED) is 0.390. The van der Waals surface area contributed by atoms with Crippen LogP contribution >= 0.6 is 0 Å². The Hall–Kier alpha value is -3.06. The zero-order valence-corrected chi connectivity index (χ0v) is 18.0. The van der Waals surface area contributed by atoms with Crippen LogP contribution in [0.3, 0.4) is 0 Å². The fourth-order valence-corrected chi connectivity index (χ4v) is 3.03. The summed E-state index contributed by atoms with van der Waals surface area (Å²) >= 11 is 0. The Kier molecular flexibility index (Phi) is 8.98. The van der Waals surface area contributed by atoms with Crippen LogP contribution in [-0.4, -0.2) is 0 Å². The van der Waals surface area contributed by atoms with Gasteiger partial charge in [0.25, 0.3) is 0 Å². The van der Waals surface area contributed by atoms with E-state index in [1.165, 1.54) is 16.7 Å². The van der Waals surface area contributed by atoms with E-state index in [4.69, 9.17) is 0 Å². The summed E-state index contributed by atoms with van der Waals surface area (Å²) in [6.45, 7) is 15.1. The lowest BCUT2D eigenvalue weighted by molar-refractivity contribution is 0.946. The monoisotopic (exact) mass is 383 g/mol. The summed E-state index contributed by atoms with van der Waals surface area (Å²) in [5.74, 6) is 0. The lowest BCUT2D eigenvalue weighted by atomic mass is 9.98. The predicted molar refractivity (Wildman–Crippen MR) is 129 cm³/mol. The molecule has 0 unspecified atom stereocenters. The Morgan fingerprint density at radius 3 is 2.07 bits per heavy atom. The molecule has 1 N–H and O–H groups in total. The van der Waals surface area contributed by atoms with Crippen LogP contribution in [-0.2, 0) is 13.0 Å². The van der Waals surface area contributed by atoms with Crippen molar-refractivity contribution >= 4 is 11.3 Å². The zero-order chi connectivity index (χ0) is 21.1. The van der Waals surface area contributed by atoms with E-state index in [9.17, 15) is 0 Å². The molecule has 3 aromatic carbocycles. The van der Waals surface area contributed by atoms with Crippen molar-refractivity contribution < 1.29 is 0 Å². The Balaban J connectivity index is 0.00000145. The minimum absolute atomic E-state index is 0.793. The SMILES string of the molecule is C=C(C)CCc1ccc(NCc2cccc(C(=C)c3ccccc3)c2)cc1.CC. The van der Waals surface area contributed by atoms with Crippen molar-refractivity contribution in [3.8, 4) is 0 Å². The van der Waals surface area contributed by atoms with Crippen molar-refractivity contribution in [1.29, 1.82) is 0 Å². The van der Waals surface area contributed by atoms with Crippen molar-refractivity contribution in [3.63, 3.8) is 0 Å². The first-order valence-corrected chi connectivity index (χ1v) is 10.4. The van der Waals surface area contributed by atoms with Crippen LogP contribution in [0.25, 0.3) is 5.57 Å². The highest BCUT2D eigenvalue weighted by molar-refractivity contribution is 5.78. The van der Waals surface area contributed by atoms with Crippen LogP contribution in [0.5, 0.6) is 0 Å². The molecule has 29 heavy (non-hydrogen) atoms. The topological polar surface area (TPSA) is 12.0 Å². The summed E-state index contributed by atoms with van der Waals surface area (Å²) in [6, 6.07) is 27.6. The minimum atomic E-state index is 0.793. The van der Waals surface area contributed by atoms with Gasteiger partial charge in [-0.05, 0) is 65.8 Å². The Morgan fingerprint density at radius 1 is 0.759 bits per heavy atom. The maximum atomic E-state index is 4.27. The number of hydrogen-bond acceptors (Lipinski definition) is 1. The van der Waals surface area contributed by atoms with Crippen LogP contribution in [0.1, 0.15) is 49.4 Å². The normalized spacial score (nSPS) is 9.90. The van der Waals surface area contributed by atoms with Crippen molar-refractivity contribution in [2.24, 2.45) is 0 Å². The van der Waals surface area contributed by atoms with Gasteiger partial charge in [0.2, 0.25) is 0 Å². The average molecular weight is 384 g/mol. The summed E-state index contributed by atoms with van der Waals surface area (Å²) in [4.78, 5) is 0. The highest BCUT2D eigenvalue weighted by Gasteiger charge is 2.03. The van der Waals surface area contributed by atoms with Gasteiger partial charge in [-0.2, -0.15) is 0 Å². The standard InChI is InChI=1S/C26H27N.C2H6/c1-20(2)12-13-22-14-16-26(17-15-22)27-19-23-8-7-11-25(18-23)21(3)24-9-5-4-6-10-24;1-2/h4-11,14-18,27H,1,3,12-13,19H2,2H3;1-2H3. The first-order chi connectivity index (χ1) is 14.1. The number of nitrogens with one attached hydrogen (secondary N) is 1. The van der Waals surface area contributed by atoms with Gasteiger partial charge in [-0.3, -0.25) is 0 Å². The second-order valence-corrected chi connectivity index (χ2v) is 7.05. The van der Waals surface area contributed by atoms with Gasteiger partial charge in [0, 0.05) is 12.2 Å². The summed E-state index contributed by atoms with van der Waals surface area (Å²) in [5.41, 5.74) is 8.35. The highest BCUT2D eigenvalue weighted by Crippen LogP contribution is 2.22. The third-order valence-electron chi connectivity index (χ3n) is 4.69. The molecule has 3 rings (SSSR count). The van der Waals surface area contributed by atoms with Crippen molar-refractivity contribution in [1.82, 2.24) is 0 Å². The molecule has 0 aliphatic rings. The molecule has 0 amide bonds. The highest BCUT2D eigenvalue weighted by atomic mass is 14.9. The van der Waals surface area contributed by atoms with Gasteiger partial charge in [-0.1, -0.05) is 86.7 Å². The molecular formula is C28H33N. The van der Waals surface area contributed by atoms with Crippen LogP contribution in [0.15, 0.2) is 97.6 Å². The molecular weight excluding hydrogens is 350 g/mol. The number of aryl methyl sites for hydroxylation is 1. The molecule has 0 atom stereocenters. The van der Waals surface area contributed by atoms with Gasteiger partial charge in [0.1, 0.15) is 0 Å². The van der Waals surface area contributed by atoms with E-state index >= 15 is 0 Å². The molecule has 0 fully saturated rings. The van der Waals surface area contributed by atoms with E-state index in [0.29, 0.717) is 0 Å². The second-order valence-electron chi connectivity index (χ2n) is 7.05. The summed E-state index contributed by atoms with van der Waals surface area (Å²) in [6.07, 6.45) is 2.10.